The van der Waals surface area contributed by atoms with E-state index in [2.05, 4.69) is 0 Å². The summed E-state index contributed by atoms with van der Waals surface area (Å²) in [5.41, 5.74) is 6.03. The van der Waals surface area contributed by atoms with Gasteiger partial charge in [0.2, 0.25) is 0 Å². The largest absolute Gasteiger partial charge is 0.493 e. The average Bonchev–Trinajstić information content (AvgIpc) is 2.09. The second-order valence-electron chi connectivity index (χ2n) is 2.20. The van der Waals surface area contributed by atoms with Crippen molar-refractivity contribution in [2.75, 3.05) is 20.0 Å². The van der Waals surface area contributed by atoms with E-state index in [4.69, 9.17) is 26.8 Å². The highest BCUT2D eigenvalue weighted by Gasteiger charge is 2.10. The molecule has 1 rings (SSSR count). The Hall–Kier alpha value is -1.09. The molecule has 0 aliphatic heterocycles. The molecule has 0 unspecified atom stereocenters. The number of ether oxygens (including phenoxy) is 2. The van der Waals surface area contributed by atoms with Crippen LogP contribution in [0.1, 0.15) is 0 Å². The summed E-state index contributed by atoms with van der Waals surface area (Å²) in [5, 5.41) is 0.386. The standard InChI is InChI=1S/C8H10ClNO2/c1-11-6-4-3-5(10)7(9)8(6)12-2/h3-4H,10H2,1-2H3. The molecule has 0 fully saturated rings. The number of anilines is 1. The molecule has 0 aliphatic rings. The van der Waals surface area contributed by atoms with Gasteiger partial charge >= 0.3 is 0 Å². The summed E-state index contributed by atoms with van der Waals surface area (Å²) in [6.45, 7) is 0. The summed E-state index contributed by atoms with van der Waals surface area (Å²) in [6.07, 6.45) is 0. The smallest absolute Gasteiger partial charge is 0.181 e. The van der Waals surface area contributed by atoms with E-state index >= 15 is 0 Å². The SMILES string of the molecule is COc1ccc(N)c(Cl)c1OC. The maximum atomic E-state index is 5.85. The number of hydrogen-bond donors (Lipinski definition) is 1. The predicted octanol–water partition coefficient (Wildman–Crippen LogP) is 1.94. The molecule has 2 N–H and O–H groups in total. The number of halogens is 1. The number of hydrogen-bond acceptors (Lipinski definition) is 3. The van der Waals surface area contributed by atoms with E-state index in [0.717, 1.165) is 0 Å². The van der Waals surface area contributed by atoms with E-state index < -0.39 is 0 Å². The first-order chi connectivity index (χ1) is 5.70. The topological polar surface area (TPSA) is 44.5 Å². The molecule has 0 aromatic heterocycles. The Kier molecular flexibility index (Phi) is 2.65. The van der Waals surface area contributed by atoms with Gasteiger partial charge in [-0.25, -0.2) is 0 Å². The molecular formula is C8H10ClNO2. The van der Waals surface area contributed by atoms with Gasteiger partial charge in [-0.05, 0) is 12.1 Å². The lowest BCUT2D eigenvalue weighted by Gasteiger charge is -2.09. The maximum Gasteiger partial charge on any atom is 0.181 e. The summed E-state index contributed by atoms with van der Waals surface area (Å²) in [4.78, 5) is 0. The zero-order valence-corrected chi connectivity index (χ0v) is 7.68. The van der Waals surface area contributed by atoms with Crippen LogP contribution >= 0.6 is 11.6 Å². The van der Waals surface area contributed by atoms with Crippen molar-refractivity contribution in [3.05, 3.63) is 17.2 Å². The van der Waals surface area contributed by atoms with Gasteiger partial charge in [0.1, 0.15) is 5.02 Å². The summed E-state index contributed by atoms with van der Waals surface area (Å²) in [6, 6.07) is 3.38. The first-order valence-electron chi connectivity index (χ1n) is 3.36. The van der Waals surface area contributed by atoms with Gasteiger partial charge in [0.15, 0.2) is 11.5 Å². The molecule has 0 heterocycles. The van der Waals surface area contributed by atoms with Crippen molar-refractivity contribution in [3.63, 3.8) is 0 Å². The minimum Gasteiger partial charge on any atom is -0.493 e. The molecule has 4 heteroatoms. The Labute approximate surface area is 76.0 Å². The Bertz CT molecular complexity index is 289. The van der Waals surface area contributed by atoms with Crippen LogP contribution in [-0.4, -0.2) is 14.2 Å². The van der Waals surface area contributed by atoms with Gasteiger partial charge in [0.25, 0.3) is 0 Å². The molecule has 0 atom stereocenters. The molecule has 12 heavy (non-hydrogen) atoms. The van der Waals surface area contributed by atoms with Gasteiger partial charge in [0, 0.05) is 0 Å². The highest BCUT2D eigenvalue weighted by molar-refractivity contribution is 6.34. The lowest BCUT2D eigenvalue weighted by molar-refractivity contribution is 0.355. The van der Waals surface area contributed by atoms with Crippen molar-refractivity contribution >= 4 is 17.3 Å². The Balaban J connectivity index is 3.25. The zero-order chi connectivity index (χ0) is 9.14. The Morgan fingerprint density at radius 3 is 2.42 bits per heavy atom. The minimum absolute atomic E-state index is 0.386. The van der Waals surface area contributed by atoms with E-state index in [0.29, 0.717) is 22.2 Å². The van der Waals surface area contributed by atoms with Crippen LogP contribution in [0.15, 0.2) is 12.1 Å². The van der Waals surface area contributed by atoms with Crippen molar-refractivity contribution in [2.24, 2.45) is 0 Å². The summed E-state index contributed by atoms with van der Waals surface area (Å²) >= 11 is 5.85. The monoisotopic (exact) mass is 187 g/mol. The third-order valence-electron chi connectivity index (χ3n) is 1.51. The van der Waals surface area contributed by atoms with Crippen LogP contribution in [0.2, 0.25) is 5.02 Å². The van der Waals surface area contributed by atoms with E-state index in [1.165, 1.54) is 7.11 Å². The van der Waals surface area contributed by atoms with Crippen LogP contribution in [0.3, 0.4) is 0 Å². The van der Waals surface area contributed by atoms with E-state index in [1.807, 2.05) is 0 Å². The van der Waals surface area contributed by atoms with Gasteiger partial charge in [-0.3, -0.25) is 0 Å². The molecule has 0 radical (unpaired) electrons. The second kappa shape index (κ2) is 3.54. The van der Waals surface area contributed by atoms with Gasteiger partial charge in [-0.2, -0.15) is 0 Å². The minimum atomic E-state index is 0.386. The quantitative estimate of drug-likeness (QED) is 0.720. The molecule has 3 nitrogen and oxygen atoms in total. The van der Waals surface area contributed by atoms with E-state index in [1.54, 1.807) is 19.2 Å². The number of methoxy groups -OCH3 is 2. The van der Waals surface area contributed by atoms with Crippen molar-refractivity contribution in [1.82, 2.24) is 0 Å². The lowest BCUT2D eigenvalue weighted by Crippen LogP contribution is -1.94. The molecular weight excluding hydrogens is 178 g/mol. The van der Waals surface area contributed by atoms with Gasteiger partial charge < -0.3 is 15.2 Å². The molecule has 1 aromatic carbocycles. The molecule has 0 aliphatic carbocycles. The average molecular weight is 188 g/mol. The van der Waals surface area contributed by atoms with Gasteiger partial charge in [-0.15, -0.1) is 0 Å². The summed E-state index contributed by atoms with van der Waals surface area (Å²) < 4.78 is 10.0. The summed E-state index contributed by atoms with van der Waals surface area (Å²) in [5.74, 6) is 1.05. The van der Waals surface area contributed by atoms with Gasteiger partial charge in [0.05, 0.1) is 19.9 Å². The fourth-order valence-corrected chi connectivity index (χ4v) is 1.14. The number of rotatable bonds is 2. The first kappa shape index (κ1) is 9.00. The van der Waals surface area contributed by atoms with Gasteiger partial charge in [-0.1, -0.05) is 11.6 Å². The molecule has 0 spiro atoms. The van der Waals surface area contributed by atoms with Crippen molar-refractivity contribution in [3.8, 4) is 11.5 Å². The van der Waals surface area contributed by atoms with Crippen LogP contribution in [0, 0.1) is 0 Å². The predicted molar refractivity (Wildman–Crippen MR) is 49.0 cm³/mol. The van der Waals surface area contributed by atoms with Crippen LogP contribution < -0.4 is 15.2 Å². The van der Waals surface area contributed by atoms with Crippen molar-refractivity contribution < 1.29 is 9.47 Å². The third kappa shape index (κ3) is 1.41. The maximum absolute atomic E-state index is 5.85. The fourth-order valence-electron chi connectivity index (χ4n) is 0.905. The van der Waals surface area contributed by atoms with Crippen molar-refractivity contribution in [1.29, 1.82) is 0 Å². The number of benzene rings is 1. The third-order valence-corrected chi connectivity index (χ3v) is 1.90. The molecule has 0 saturated heterocycles. The summed E-state index contributed by atoms with van der Waals surface area (Å²) in [7, 11) is 3.06. The molecule has 0 saturated carbocycles. The highest BCUT2D eigenvalue weighted by Crippen LogP contribution is 2.38. The second-order valence-corrected chi connectivity index (χ2v) is 2.58. The molecule has 1 aromatic rings. The fraction of sp³-hybridized carbons (Fsp3) is 0.250. The molecule has 0 bridgehead atoms. The molecule has 66 valence electrons. The van der Waals surface area contributed by atoms with E-state index in [9.17, 15) is 0 Å². The zero-order valence-electron chi connectivity index (χ0n) is 6.93. The van der Waals surface area contributed by atoms with Crippen LogP contribution in [0.25, 0.3) is 0 Å². The first-order valence-corrected chi connectivity index (χ1v) is 3.74. The molecule has 0 amide bonds. The Morgan fingerprint density at radius 2 is 1.92 bits per heavy atom. The lowest BCUT2D eigenvalue weighted by atomic mass is 10.3. The highest BCUT2D eigenvalue weighted by atomic mass is 35.5. The van der Waals surface area contributed by atoms with E-state index in [-0.39, 0.29) is 0 Å². The normalized spacial score (nSPS) is 9.58. The number of nitrogen functional groups attached to an aromatic ring is 1. The van der Waals surface area contributed by atoms with Crippen LogP contribution in [0.4, 0.5) is 5.69 Å². The van der Waals surface area contributed by atoms with Crippen molar-refractivity contribution in [2.45, 2.75) is 0 Å². The Morgan fingerprint density at radius 1 is 1.25 bits per heavy atom. The van der Waals surface area contributed by atoms with Crippen LogP contribution in [0.5, 0.6) is 11.5 Å². The number of nitrogens with two attached hydrogens (primary N) is 1. The van der Waals surface area contributed by atoms with Crippen LogP contribution in [-0.2, 0) is 0 Å².